The molecule has 3 heterocycles. The molecule has 0 atom stereocenters. The topological polar surface area (TPSA) is 101 Å². The molecule has 0 aliphatic carbocycles. The zero-order valence-electron chi connectivity index (χ0n) is 11.7. The lowest BCUT2D eigenvalue weighted by molar-refractivity contribution is 0.0688. The molecular formula is C13H14N4O4. The van der Waals surface area contributed by atoms with E-state index in [4.69, 9.17) is 9.63 Å². The van der Waals surface area contributed by atoms with E-state index in [-0.39, 0.29) is 17.3 Å². The van der Waals surface area contributed by atoms with Crippen molar-refractivity contribution in [1.29, 1.82) is 0 Å². The lowest BCUT2D eigenvalue weighted by Gasteiger charge is -2.26. The van der Waals surface area contributed by atoms with Crippen LogP contribution in [0.15, 0.2) is 10.6 Å². The number of hydrogen-bond acceptors (Lipinski definition) is 5. The second kappa shape index (κ2) is 4.72. The molecule has 1 aliphatic heterocycles. The van der Waals surface area contributed by atoms with Crippen molar-refractivity contribution in [2.24, 2.45) is 7.05 Å². The van der Waals surface area contributed by atoms with Gasteiger partial charge in [0.05, 0.1) is 12.2 Å². The van der Waals surface area contributed by atoms with Crippen LogP contribution >= 0.6 is 0 Å². The lowest BCUT2D eigenvalue weighted by atomic mass is 10.0. The number of fused-ring (bicyclic) bond motifs is 1. The molecule has 1 N–H and O–H groups in total. The fourth-order valence-corrected chi connectivity index (χ4v) is 2.54. The fourth-order valence-electron chi connectivity index (χ4n) is 2.54. The van der Waals surface area contributed by atoms with Gasteiger partial charge in [0.25, 0.3) is 5.91 Å². The maximum Gasteiger partial charge on any atom is 0.356 e. The van der Waals surface area contributed by atoms with Gasteiger partial charge in [-0.25, -0.2) is 4.79 Å². The number of aromatic nitrogens is 3. The van der Waals surface area contributed by atoms with Crippen molar-refractivity contribution in [3.05, 3.63) is 34.5 Å². The Hall–Kier alpha value is -2.64. The predicted molar refractivity (Wildman–Crippen MR) is 69.9 cm³/mol. The molecule has 0 saturated carbocycles. The number of nitrogens with zero attached hydrogens (tertiary/aromatic N) is 4. The van der Waals surface area contributed by atoms with E-state index in [1.54, 1.807) is 24.9 Å². The molecule has 0 bridgehead atoms. The largest absolute Gasteiger partial charge is 0.476 e. The highest BCUT2D eigenvalue weighted by molar-refractivity contribution is 5.92. The summed E-state index contributed by atoms with van der Waals surface area (Å²) in [5.41, 5.74) is 1.77. The molecule has 2 aromatic rings. The molecular weight excluding hydrogens is 276 g/mol. The van der Waals surface area contributed by atoms with E-state index in [9.17, 15) is 9.59 Å². The van der Waals surface area contributed by atoms with Crippen LogP contribution in [0.25, 0.3) is 0 Å². The first kappa shape index (κ1) is 13.3. The Balaban J connectivity index is 1.88. The van der Waals surface area contributed by atoms with Crippen LogP contribution in [0.1, 0.15) is 38.0 Å². The first-order valence-electron chi connectivity index (χ1n) is 6.48. The maximum absolute atomic E-state index is 12.3. The van der Waals surface area contributed by atoms with Crippen LogP contribution in [0.3, 0.4) is 0 Å². The number of aryl methyl sites for hydroxylation is 2. The van der Waals surface area contributed by atoms with Crippen molar-refractivity contribution in [2.45, 2.75) is 19.9 Å². The third-order valence-electron chi connectivity index (χ3n) is 3.58. The summed E-state index contributed by atoms with van der Waals surface area (Å²) in [6, 6.07) is 1.59. The van der Waals surface area contributed by atoms with Gasteiger partial charge in [0.15, 0.2) is 11.4 Å². The van der Waals surface area contributed by atoms with E-state index < -0.39 is 5.97 Å². The minimum Gasteiger partial charge on any atom is -0.476 e. The number of carboxylic acid groups (broad SMARTS) is 1. The zero-order valence-corrected chi connectivity index (χ0v) is 11.7. The summed E-state index contributed by atoms with van der Waals surface area (Å²) in [4.78, 5) is 25.1. The Morgan fingerprint density at radius 3 is 2.81 bits per heavy atom. The summed E-state index contributed by atoms with van der Waals surface area (Å²) in [5, 5.41) is 16.9. The molecule has 8 heteroatoms. The SMILES string of the molecule is Cc1cc(C(=O)N2CCc3c(C(=O)O)nn(C)c3C2)no1. The molecule has 1 amide bonds. The summed E-state index contributed by atoms with van der Waals surface area (Å²) in [6.07, 6.45) is 0.466. The minimum atomic E-state index is -1.04. The highest BCUT2D eigenvalue weighted by Crippen LogP contribution is 2.23. The predicted octanol–water partition coefficient (Wildman–Crippen LogP) is 0.613. The molecule has 0 unspecified atom stereocenters. The monoisotopic (exact) mass is 290 g/mol. The van der Waals surface area contributed by atoms with Gasteiger partial charge in [0, 0.05) is 25.2 Å². The molecule has 1 aliphatic rings. The van der Waals surface area contributed by atoms with Gasteiger partial charge >= 0.3 is 5.97 Å². The average Bonchev–Trinajstić information content (AvgIpc) is 3.02. The molecule has 0 aromatic carbocycles. The van der Waals surface area contributed by atoms with E-state index in [1.807, 2.05) is 0 Å². The summed E-state index contributed by atoms with van der Waals surface area (Å²) >= 11 is 0. The Morgan fingerprint density at radius 1 is 1.43 bits per heavy atom. The van der Waals surface area contributed by atoms with Crippen molar-refractivity contribution in [3.63, 3.8) is 0 Å². The number of carboxylic acids is 1. The van der Waals surface area contributed by atoms with Crippen molar-refractivity contribution >= 4 is 11.9 Å². The van der Waals surface area contributed by atoms with Crippen LogP contribution in [0.4, 0.5) is 0 Å². The maximum atomic E-state index is 12.3. The van der Waals surface area contributed by atoms with Crippen molar-refractivity contribution in [1.82, 2.24) is 19.8 Å². The highest BCUT2D eigenvalue weighted by atomic mass is 16.5. The van der Waals surface area contributed by atoms with Crippen LogP contribution in [0.2, 0.25) is 0 Å². The van der Waals surface area contributed by atoms with Crippen LogP contribution in [0, 0.1) is 6.92 Å². The van der Waals surface area contributed by atoms with Crippen LogP contribution in [-0.4, -0.2) is 43.4 Å². The number of amides is 1. The van der Waals surface area contributed by atoms with Gasteiger partial charge in [0.2, 0.25) is 0 Å². The van der Waals surface area contributed by atoms with E-state index in [1.165, 1.54) is 4.68 Å². The quantitative estimate of drug-likeness (QED) is 0.869. The Bertz CT molecular complexity index is 731. The standard InChI is InChI=1S/C13H14N4O4/c1-7-5-9(15-21-7)12(18)17-4-3-8-10(6-17)16(2)14-11(8)13(19)20/h5H,3-4,6H2,1-2H3,(H,19,20). The third-order valence-corrected chi connectivity index (χ3v) is 3.58. The van der Waals surface area contributed by atoms with Gasteiger partial charge in [-0.15, -0.1) is 0 Å². The molecule has 0 saturated heterocycles. The average molecular weight is 290 g/mol. The zero-order chi connectivity index (χ0) is 15.1. The molecule has 0 fully saturated rings. The molecule has 8 nitrogen and oxygen atoms in total. The van der Waals surface area contributed by atoms with Crippen molar-refractivity contribution in [3.8, 4) is 0 Å². The van der Waals surface area contributed by atoms with Gasteiger partial charge in [-0.3, -0.25) is 9.48 Å². The van der Waals surface area contributed by atoms with Gasteiger partial charge in [-0.2, -0.15) is 5.10 Å². The first-order chi connectivity index (χ1) is 9.97. The number of aromatic carboxylic acids is 1. The Kier molecular flexibility index (Phi) is 3.00. The van der Waals surface area contributed by atoms with Gasteiger partial charge < -0.3 is 14.5 Å². The summed E-state index contributed by atoms with van der Waals surface area (Å²) in [6.45, 7) is 2.47. The second-order valence-corrected chi connectivity index (χ2v) is 5.00. The lowest BCUT2D eigenvalue weighted by Crippen LogP contribution is -2.37. The van der Waals surface area contributed by atoms with Crippen LogP contribution in [-0.2, 0) is 20.0 Å². The highest BCUT2D eigenvalue weighted by Gasteiger charge is 2.30. The summed E-state index contributed by atoms with van der Waals surface area (Å²) < 4.78 is 6.43. The van der Waals surface area contributed by atoms with E-state index in [0.29, 0.717) is 30.8 Å². The molecule has 0 radical (unpaired) electrons. The number of carbonyl (C=O) groups excluding carboxylic acids is 1. The number of rotatable bonds is 2. The van der Waals surface area contributed by atoms with Crippen LogP contribution < -0.4 is 0 Å². The summed E-state index contributed by atoms with van der Waals surface area (Å²) in [7, 11) is 1.68. The molecule has 21 heavy (non-hydrogen) atoms. The van der Waals surface area contributed by atoms with Crippen molar-refractivity contribution < 1.29 is 19.2 Å². The second-order valence-electron chi connectivity index (χ2n) is 5.00. The summed E-state index contributed by atoms with van der Waals surface area (Å²) in [5.74, 6) is -0.695. The number of carbonyl (C=O) groups is 2. The molecule has 0 spiro atoms. The fraction of sp³-hybridized carbons (Fsp3) is 0.385. The Labute approximate surface area is 119 Å². The van der Waals surface area contributed by atoms with Gasteiger partial charge in [-0.1, -0.05) is 5.16 Å². The van der Waals surface area contributed by atoms with Gasteiger partial charge in [-0.05, 0) is 13.3 Å². The minimum absolute atomic E-state index is 0.0666. The Morgan fingerprint density at radius 2 is 2.19 bits per heavy atom. The van der Waals surface area contributed by atoms with E-state index in [2.05, 4.69) is 10.3 Å². The van der Waals surface area contributed by atoms with E-state index in [0.717, 1.165) is 5.69 Å². The van der Waals surface area contributed by atoms with Gasteiger partial charge in [0.1, 0.15) is 5.76 Å². The van der Waals surface area contributed by atoms with Crippen molar-refractivity contribution in [2.75, 3.05) is 6.54 Å². The molecule has 3 rings (SSSR count). The van der Waals surface area contributed by atoms with E-state index >= 15 is 0 Å². The normalized spacial score (nSPS) is 14.1. The molecule has 2 aromatic heterocycles. The number of hydrogen-bond donors (Lipinski definition) is 1. The van der Waals surface area contributed by atoms with Crippen LogP contribution in [0.5, 0.6) is 0 Å². The molecule has 110 valence electrons. The first-order valence-corrected chi connectivity index (χ1v) is 6.48. The smallest absolute Gasteiger partial charge is 0.356 e. The third kappa shape index (κ3) is 2.18.